The molecule has 3 N–H and O–H groups in total. The van der Waals surface area contributed by atoms with Crippen molar-refractivity contribution in [2.75, 3.05) is 13.2 Å². The van der Waals surface area contributed by atoms with Gasteiger partial charge in [0.2, 0.25) is 0 Å². The second-order valence-electron chi connectivity index (χ2n) is 4.76. The van der Waals surface area contributed by atoms with Crippen LogP contribution in [0.5, 0.6) is 0 Å². The normalized spacial score (nSPS) is 28.4. The van der Waals surface area contributed by atoms with Crippen molar-refractivity contribution < 1.29 is 5.11 Å². The Morgan fingerprint density at radius 3 is 2.67 bits per heavy atom. The van der Waals surface area contributed by atoms with Gasteiger partial charge in [0.25, 0.3) is 0 Å². The Morgan fingerprint density at radius 1 is 1.40 bits per heavy atom. The Morgan fingerprint density at radius 2 is 2.13 bits per heavy atom. The molecule has 3 nitrogen and oxygen atoms in total. The van der Waals surface area contributed by atoms with Gasteiger partial charge in [-0.05, 0) is 32.7 Å². The van der Waals surface area contributed by atoms with Gasteiger partial charge >= 0.3 is 0 Å². The quantitative estimate of drug-likeness (QED) is 0.742. The molecule has 3 heteroatoms. The van der Waals surface area contributed by atoms with Crippen LogP contribution in [0, 0.1) is 0 Å². The fraction of sp³-hybridized carbons (Fsp3) is 1.00. The molecule has 15 heavy (non-hydrogen) atoms. The van der Waals surface area contributed by atoms with Crippen LogP contribution in [0.3, 0.4) is 0 Å². The van der Waals surface area contributed by atoms with Crippen LogP contribution >= 0.6 is 0 Å². The van der Waals surface area contributed by atoms with Gasteiger partial charge in [-0.15, -0.1) is 0 Å². The van der Waals surface area contributed by atoms with Gasteiger partial charge in [-0.2, -0.15) is 0 Å². The van der Waals surface area contributed by atoms with E-state index in [1.54, 1.807) is 0 Å². The van der Waals surface area contributed by atoms with E-state index in [0.717, 1.165) is 6.54 Å². The summed E-state index contributed by atoms with van der Waals surface area (Å²) >= 11 is 0. The summed E-state index contributed by atoms with van der Waals surface area (Å²) in [5.41, 5.74) is 5.94. The molecule has 0 spiro atoms. The lowest BCUT2D eigenvalue weighted by Crippen LogP contribution is -2.52. The van der Waals surface area contributed by atoms with Crippen LogP contribution in [-0.4, -0.2) is 41.3 Å². The number of likely N-dealkylation sites (tertiary alicyclic amines) is 1. The van der Waals surface area contributed by atoms with Gasteiger partial charge in [0, 0.05) is 18.1 Å². The highest BCUT2D eigenvalue weighted by Gasteiger charge is 2.28. The summed E-state index contributed by atoms with van der Waals surface area (Å²) in [5, 5.41) is 9.43. The van der Waals surface area contributed by atoms with Crippen molar-refractivity contribution in [3.8, 4) is 0 Å². The predicted molar refractivity (Wildman–Crippen MR) is 63.8 cm³/mol. The Balaban J connectivity index is 2.67. The van der Waals surface area contributed by atoms with Crippen molar-refractivity contribution in [3.63, 3.8) is 0 Å². The molecule has 1 saturated heterocycles. The number of hydrogen-bond donors (Lipinski definition) is 2. The standard InChI is InChI=1S/C12H26N2O/c1-3-11-7-5-4-6-8-14(11)12(9-15)10(2)13/h10-12,15H,3-9,13H2,1-2H3. The lowest BCUT2D eigenvalue weighted by atomic mass is 10.0. The molecule has 1 aliphatic rings. The van der Waals surface area contributed by atoms with Crippen LogP contribution in [0.4, 0.5) is 0 Å². The molecule has 0 aromatic rings. The van der Waals surface area contributed by atoms with E-state index in [2.05, 4.69) is 11.8 Å². The summed E-state index contributed by atoms with van der Waals surface area (Å²) < 4.78 is 0. The van der Waals surface area contributed by atoms with E-state index < -0.39 is 0 Å². The third-order valence-electron chi connectivity index (χ3n) is 3.61. The Labute approximate surface area is 93.6 Å². The van der Waals surface area contributed by atoms with Gasteiger partial charge in [-0.1, -0.05) is 19.8 Å². The van der Waals surface area contributed by atoms with E-state index in [4.69, 9.17) is 5.73 Å². The maximum absolute atomic E-state index is 9.43. The van der Waals surface area contributed by atoms with Gasteiger partial charge in [-0.3, -0.25) is 4.90 Å². The summed E-state index contributed by atoms with van der Waals surface area (Å²) in [6, 6.07) is 0.825. The second kappa shape index (κ2) is 6.46. The highest BCUT2D eigenvalue weighted by molar-refractivity contribution is 4.85. The monoisotopic (exact) mass is 214 g/mol. The molecular formula is C12H26N2O. The highest BCUT2D eigenvalue weighted by atomic mass is 16.3. The fourth-order valence-corrected chi connectivity index (χ4v) is 2.65. The number of hydrogen-bond acceptors (Lipinski definition) is 3. The maximum atomic E-state index is 9.43. The van der Waals surface area contributed by atoms with E-state index in [1.165, 1.54) is 32.1 Å². The molecule has 0 radical (unpaired) electrons. The molecule has 0 saturated carbocycles. The van der Waals surface area contributed by atoms with Crippen molar-refractivity contribution in [3.05, 3.63) is 0 Å². The highest BCUT2D eigenvalue weighted by Crippen LogP contribution is 2.22. The fourth-order valence-electron chi connectivity index (χ4n) is 2.65. The minimum atomic E-state index is 0.0575. The zero-order chi connectivity index (χ0) is 11.3. The van der Waals surface area contributed by atoms with Gasteiger partial charge < -0.3 is 10.8 Å². The summed E-state index contributed by atoms with van der Waals surface area (Å²) in [6.45, 7) is 5.52. The summed E-state index contributed by atoms with van der Waals surface area (Å²) in [6.07, 6.45) is 6.33. The molecule has 1 aliphatic heterocycles. The van der Waals surface area contributed by atoms with E-state index in [1.807, 2.05) is 6.92 Å². The predicted octanol–water partition coefficient (Wildman–Crippen LogP) is 1.35. The van der Waals surface area contributed by atoms with Crippen LogP contribution in [0.25, 0.3) is 0 Å². The van der Waals surface area contributed by atoms with E-state index in [-0.39, 0.29) is 18.7 Å². The minimum absolute atomic E-state index is 0.0575. The first-order chi connectivity index (χ1) is 7.20. The first-order valence-electron chi connectivity index (χ1n) is 6.32. The van der Waals surface area contributed by atoms with Gasteiger partial charge in [0.1, 0.15) is 0 Å². The molecular weight excluding hydrogens is 188 g/mol. The maximum Gasteiger partial charge on any atom is 0.0601 e. The molecule has 1 fully saturated rings. The van der Waals surface area contributed by atoms with Gasteiger partial charge in [0.15, 0.2) is 0 Å². The lowest BCUT2D eigenvalue weighted by molar-refractivity contribution is 0.0700. The zero-order valence-electron chi connectivity index (χ0n) is 10.2. The molecule has 3 unspecified atom stereocenters. The first kappa shape index (κ1) is 12.9. The number of nitrogens with two attached hydrogens (primary N) is 1. The Bertz CT molecular complexity index is 173. The summed E-state index contributed by atoms with van der Waals surface area (Å²) in [4.78, 5) is 2.44. The average molecular weight is 214 g/mol. The molecule has 0 aromatic carbocycles. The topological polar surface area (TPSA) is 49.5 Å². The Kier molecular flexibility index (Phi) is 5.58. The van der Waals surface area contributed by atoms with Crippen LogP contribution in [0.1, 0.15) is 46.0 Å². The Hall–Kier alpha value is -0.120. The van der Waals surface area contributed by atoms with E-state index >= 15 is 0 Å². The van der Waals surface area contributed by atoms with Gasteiger partial charge in [-0.25, -0.2) is 0 Å². The minimum Gasteiger partial charge on any atom is -0.395 e. The van der Waals surface area contributed by atoms with E-state index in [9.17, 15) is 5.11 Å². The SMILES string of the molecule is CCC1CCCCCN1C(CO)C(C)N. The van der Waals surface area contributed by atoms with Crippen molar-refractivity contribution in [2.45, 2.75) is 64.1 Å². The third-order valence-corrected chi connectivity index (χ3v) is 3.61. The first-order valence-corrected chi connectivity index (χ1v) is 6.32. The smallest absolute Gasteiger partial charge is 0.0601 e. The molecule has 90 valence electrons. The van der Waals surface area contributed by atoms with Crippen molar-refractivity contribution >= 4 is 0 Å². The molecule has 0 amide bonds. The van der Waals surface area contributed by atoms with Crippen LogP contribution in [0.2, 0.25) is 0 Å². The summed E-state index contributed by atoms with van der Waals surface area (Å²) in [7, 11) is 0. The molecule has 1 rings (SSSR count). The molecule has 0 bridgehead atoms. The van der Waals surface area contributed by atoms with Crippen LogP contribution < -0.4 is 5.73 Å². The molecule has 0 aromatic heterocycles. The number of nitrogens with zero attached hydrogens (tertiary/aromatic N) is 1. The van der Waals surface area contributed by atoms with Crippen molar-refractivity contribution in [1.82, 2.24) is 4.90 Å². The lowest BCUT2D eigenvalue weighted by Gasteiger charge is -2.37. The molecule has 1 heterocycles. The van der Waals surface area contributed by atoms with Crippen LogP contribution in [0.15, 0.2) is 0 Å². The molecule has 0 aliphatic carbocycles. The zero-order valence-corrected chi connectivity index (χ0v) is 10.2. The molecule has 3 atom stereocenters. The van der Waals surface area contributed by atoms with Crippen LogP contribution in [-0.2, 0) is 0 Å². The number of aliphatic hydroxyl groups is 1. The number of aliphatic hydroxyl groups excluding tert-OH is 1. The largest absolute Gasteiger partial charge is 0.395 e. The number of rotatable bonds is 4. The summed E-state index contributed by atoms with van der Waals surface area (Å²) in [5.74, 6) is 0. The van der Waals surface area contributed by atoms with E-state index in [0.29, 0.717) is 6.04 Å². The second-order valence-corrected chi connectivity index (χ2v) is 4.76. The average Bonchev–Trinajstić information content (AvgIpc) is 2.44. The van der Waals surface area contributed by atoms with Crippen molar-refractivity contribution in [2.24, 2.45) is 5.73 Å². The van der Waals surface area contributed by atoms with Gasteiger partial charge in [0.05, 0.1) is 6.61 Å². The van der Waals surface area contributed by atoms with Crippen molar-refractivity contribution in [1.29, 1.82) is 0 Å². The third kappa shape index (κ3) is 3.44.